The minimum absolute atomic E-state index is 0.439. The van der Waals surface area contributed by atoms with Crippen molar-refractivity contribution < 1.29 is 0 Å². The van der Waals surface area contributed by atoms with Gasteiger partial charge < -0.3 is 5.32 Å². The van der Waals surface area contributed by atoms with Gasteiger partial charge in [-0.25, -0.2) is 0 Å². The van der Waals surface area contributed by atoms with Crippen LogP contribution >= 0.6 is 0 Å². The number of nitrogens with zero attached hydrogens (tertiary/aromatic N) is 2. The lowest BCUT2D eigenvalue weighted by atomic mass is 9.70. The average Bonchev–Trinajstić information content (AvgIpc) is 2.41. The van der Waals surface area contributed by atoms with Crippen LogP contribution in [0.3, 0.4) is 0 Å². The Balaban J connectivity index is 1.99. The normalized spacial score (nSPS) is 32.7. The highest BCUT2D eigenvalue weighted by Crippen LogP contribution is 2.38. The summed E-state index contributed by atoms with van der Waals surface area (Å²) in [4.78, 5) is 5.39. The van der Waals surface area contributed by atoms with Crippen molar-refractivity contribution in [2.24, 2.45) is 5.41 Å². The molecule has 1 aliphatic heterocycles. The van der Waals surface area contributed by atoms with Crippen molar-refractivity contribution >= 4 is 0 Å². The van der Waals surface area contributed by atoms with E-state index in [1.807, 2.05) is 0 Å². The zero-order valence-electron chi connectivity index (χ0n) is 14.3. The van der Waals surface area contributed by atoms with Gasteiger partial charge >= 0.3 is 0 Å². The molecule has 0 bridgehead atoms. The number of hydrogen-bond acceptors (Lipinski definition) is 3. The maximum Gasteiger partial charge on any atom is 0.0274 e. The smallest absolute Gasteiger partial charge is 0.0274 e. The van der Waals surface area contributed by atoms with Gasteiger partial charge in [0, 0.05) is 44.3 Å². The van der Waals surface area contributed by atoms with Crippen LogP contribution in [0.5, 0.6) is 0 Å². The van der Waals surface area contributed by atoms with Crippen molar-refractivity contribution in [3.63, 3.8) is 0 Å². The summed E-state index contributed by atoms with van der Waals surface area (Å²) in [5, 5.41) is 3.80. The van der Waals surface area contributed by atoms with E-state index in [9.17, 15) is 0 Å². The molecule has 3 heteroatoms. The van der Waals surface area contributed by atoms with Crippen LogP contribution in [-0.4, -0.2) is 60.6 Å². The molecule has 2 unspecified atom stereocenters. The fraction of sp³-hybridized carbons (Fsp3) is 1.00. The molecule has 1 heterocycles. The fourth-order valence-electron chi connectivity index (χ4n) is 4.22. The van der Waals surface area contributed by atoms with Crippen LogP contribution in [0.2, 0.25) is 0 Å². The van der Waals surface area contributed by atoms with Crippen molar-refractivity contribution in [2.75, 3.05) is 32.7 Å². The molecule has 0 aromatic rings. The summed E-state index contributed by atoms with van der Waals surface area (Å²) >= 11 is 0. The molecule has 3 nitrogen and oxygen atoms in total. The molecule has 2 rings (SSSR count). The van der Waals surface area contributed by atoms with Gasteiger partial charge in [-0.3, -0.25) is 9.80 Å². The Labute approximate surface area is 126 Å². The van der Waals surface area contributed by atoms with Gasteiger partial charge in [0.1, 0.15) is 0 Å². The van der Waals surface area contributed by atoms with Crippen molar-refractivity contribution in [3.8, 4) is 0 Å². The summed E-state index contributed by atoms with van der Waals surface area (Å²) in [7, 11) is 0. The summed E-state index contributed by atoms with van der Waals surface area (Å²) in [6, 6.07) is 2.10. The van der Waals surface area contributed by atoms with E-state index in [-0.39, 0.29) is 0 Å². The average molecular weight is 281 g/mol. The first-order valence-electron chi connectivity index (χ1n) is 8.67. The van der Waals surface area contributed by atoms with E-state index < -0.39 is 0 Å². The van der Waals surface area contributed by atoms with Gasteiger partial charge in [-0.1, -0.05) is 27.2 Å². The number of piperazine rings is 1. The first kappa shape index (κ1) is 16.3. The second-order valence-electron chi connectivity index (χ2n) is 7.65. The molecule has 1 N–H and O–H groups in total. The van der Waals surface area contributed by atoms with Crippen molar-refractivity contribution in [3.05, 3.63) is 0 Å². The van der Waals surface area contributed by atoms with Crippen LogP contribution in [0, 0.1) is 5.41 Å². The largest absolute Gasteiger partial charge is 0.312 e. The fourth-order valence-corrected chi connectivity index (χ4v) is 4.22. The third kappa shape index (κ3) is 3.55. The van der Waals surface area contributed by atoms with Crippen molar-refractivity contribution in [1.29, 1.82) is 0 Å². The molecule has 1 aliphatic carbocycles. The van der Waals surface area contributed by atoms with E-state index in [2.05, 4.69) is 49.7 Å². The minimum atomic E-state index is 0.439. The molecular weight excluding hydrogens is 246 g/mol. The van der Waals surface area contributed by atoms with Gasteiger partial charge in [0.25, 0.3) is 0 Å². The quantitative estimate of drug-likeness (QED) is 0.854. The Morgan fingerprint density at radius 1 is 1.15 bits per heavy atom. The Morgan fingerprint density at radius 3 is 2.35 bits per heavy atom. The Hall–Kier alpha value is -0.120. The van der Waals surface area contributed by atoms with Gasteiger partial charge in [0.2, 0.25) is 0 Å². The second kappa shape index (κ2) is 6.76. The van der Waals surface area contributed by atoms with Gasteiger partial charge in [-0.05, 0) is 38.6 Å². The van der Waals surface area contributed by atoms with E-state index in [4.69, 9.17) is 0 Å². The number of likely N-dealkylation sites (N-methyl/N-ethyl adjacent to an activating group) is 1. The molecule has 2 atom stereocenters. The molecule has 0 amide bonds. The lowest BCUT2D eigenvalue weighted by molar-refractivity contribution is 0.0125. The summed E-state index contributed by atoms with van der Waals surface area (Å²) in [5.41, 5.74) is 0.439. The van der Waals surface area contributed by atoms with Crippen molar-refractivity contribution in [1.82, 2.24) is 15.1 Å². The third-order valence-corrected chi connectivity index (χ3v) is 5.52. The zero-order chi connectivity index (χ0) is 14.8. The van der Waals surface area contributed by atoms with Gasteiger partial charge in [-0.15, -0.1) is 0 Å². The van der Waals surface area contributed by atoms with Crippen LogP contribution in [-0.2, 0) is 0 Å². The maximum absolute atomic E-state index is 3.80. The van der Waals surface area contributed by atoms with Gasteiger partial charge in [0.05, 0.1) is 0 Å². The first-order valence-corrected chi connectivity index (χ1v) is 8.67. The second-order valence-corrected chi connectivity index (χ2v) is 7.65. The molecule has 0 aromatic carbocycles. The molecule has 1 saturated heterocycles. The highest BCUT2D eigenvalue weighted by Gasteiger charge is 2.41. The number of hydrogen-bond donors (Lipinski definition) is 1. The van der Waals surface area contributed by atoms with E-state index >= 15 is 0 Å². The lowest BCUT2D eigenvalue weighted by Gasteiger charge is -2.51. The molecule has 118 valence electrons. The minimum Gasteiger partial charge on any atom is -0.312 e. The maximum atomic E-state index is 3.80. The van der Waals surface area contributed by atoms with Crippen molar-refractivity contribution in [2.45, 2.75) is 72.0 Å². The van der Waals surface area contributed by atoms with E-state index in [0.29, 0.717) is 17.5 Å². The standard InChI is InChI=1S/C17H35N3/c1-6-18-16-15(8-7-9-17(16,4)5)20-12-10-19(11-13-20)14(2)3/h14-16,18H,6-13H2,1-5H3. The Kier molecular flexibility index (Phi) is 5.49. The molecule has 2 fully saturated rings. The topological polar surface area (TPSA) is 18.5 Å². The molecular formula is C17H35N3. The summed E-state index contributed by atoms with van der Waals surface area (Å²) in [6.07, 6.45) is 4.14. The van der Waals surface area contributed by atoms with Crippen LogP contribution in [0.1, 0.15) is 53.9 Å². The van der Waals surface area contributed by atoms with Crippen LogP contribution in [0.4, 0.5) is 0 Å². The SMILES string of the molecule is CCNC1C(N2CCN(C(C)C)CC2)CCCC1(C)C. The molecule has 0 spiro atoms. The van der Waals surface area contributed by atoms with Gasteiger partial charge in [-0.2, -0.15) is 0 Å². The molecule has 2 aliphatic rings. The van der Waals surface area contributed by atoms with Gasteiger partial charge in [0.15, 0.2) is 0 Å². The number of rotatable bonds is 4. The molecule has 0 radical (unpaired) electrons. The van der Waals surface area contributed by atoms with E-state index in [0.717, 1.165) is 12.6 Å². The monoisotopic (exact) mass is 281 g/mol. The predicted octanol–water partition coefficient (Wildman–Crippen LogP) is 2.57. The summed E-state index contributed by atoms with van der Waals surface area (Å²) < 4.78 is 0. The first-order chi connectivity index (χ1) is 9.45. The highest BCUT2D eigenvalue weighted by molar-refractivity contribution is 4.99. The van der Waals surface area contributed by atoms with Crippen LogP contribution in [0.25, 0.3) is 0 Å². The van der Waals surface area contributed by atoms with E-state index in [1.54, 1.807) is 0 Å². The predicted molar refractivity (Wildman–Crippen MR) is 87.2 cm³/mol. The van der Waals surface area contributed by atoms with Crippen LogP contribution < -0.4 is 5.32 Å². The lowest BCUT2D eigenvalue weighted by Crippen LogP contribution is -2.62. The third-order valence-electron chi connectivity index (χ3n) is 5.52. The van der Waals surface area contributed by atoms with E-state index in [1.165, 1.54) is 45.4 Å². The highest BCUT2D eigenvalue weighted by atomic mass is 15.3. The molecule has 20 heavy (non-hydrogen) atoms. The Morgan fingerprint density at radius 2 is 1.80 bits per heavy atom. The number of nitrogens with one attached hydrogen (secondary N) is 1. The summed E-state index contributed by atoms with van der Waals surface area (Å²) in [5.74, 6) is 0. The Bertz CT molecular complexity index is 293. The molecule has 0 aromatic heterocycles. The molecule has 1 saturated carbocycles. The summed E-state index contributed by atoms with van der Waals surface area (Å²) in [6.45, 7) is 17.9. The zero-order valence-corrected chi connectivity index (χ0v) is 14.3. The van der Waals surface area contributed by atoms with Crippen LogP contribution in [0.15, 0.2) is 0 Å².